The highest BCUT2D eigenvalue weighted by molar-refractivity contribution is 5.84. The van der Waals surface area contributed by atoms with Gasteiger partial charge in [0.15, 0.2) is 11.5 Å². The van der Waals surface area contributed by atoms with E-state index in [4.69, 9.17) is 4.74 Å². The van der Waals surface area contributed by atoms with E-state index in [0.29, 0.717) is 11.6 Å². The van der Waals surface area contributed by atoms with E-state index in [1.165, 1.54) is 0 Å². The number of rotatable bonds is 4. The number of hydrogen-bond donors (Lipinski definition) is 2. The molecular weight excluding hydrogens is 256 g/mol. The van der Waals surface area contributed by atoms with Crippen LogP contribution in [-0.4, -0.2) is 52.8 Å². The van der Waals surface area contributed by atoms with Crippen LogP contribution in [-0.2, 0) is 4.74 Å². The second kappa shape index (κ2) is 6.04. The van der Waals surface area contributed by atoms with E-state index in [-0.39, 0.29) is 0 Å². The van der Waals surface area contributed by atoms with Gasteiger partial charge in [-0.1, -0.05) is 6.92 Å². The highest BCUT2D eigenvalue weighted by Gasteiger charge is 2.17. The summed E-state index contributed by atoms with van der Waals surface area (Å²) in [6, 6.07) is 0. The first kappa shape index (κ1) is 13.1. The smallest absolute Gasteiger partial charge is 0.226 e. The van der Waals surface area contributed by atoms with Gasteiger partial charge in [-0.25, -0.2) is 4.98 Å². The maximum atomic E-state index is 5.51. The Morgan fingerprint density at radius 2 is 2.30 bits per heavy atom. The first-order valence-electron chi connectivity index (χ1n) is 7.16. The number of nitrogens with zero attached hydrogens (tertiary/aromatic N) is 4. The van der Waals surface area contributed by atoms with Crippen LogP contribution in [0.4, 0.5) is 11.8 Å². The van der Waals surface area contributed by atoms with Gasteiger partial charge < -0.3 is 19.9 Å². The molecule has 0 radical (unpaired) electrons. The fourth-order valence-corrected chi connectivity index (χ4v) is 2.32. The normalized spacial score (nSPS) is 16.4. The number of imidazole rings is 1. The molecule has 0 unspecified atom stereocenters. The van der Waals surface area contributed by atoms with E-state index < -0.39 is 0 Å². The van der Waals surface area contributed by atoms with E-state index in [2.05, 4.69) is 37.1 Å². The molecule has 2 aromatic heterocycles. The molecule has 0 spiro atoms. The number of nitrogens with one attached hydrogen (secondary N) is 2. The fraction of sp³-hybridized carbons (Fsp3) is 0.615. The maximum Gasteiger partial charge on any atom is 0.226 e. The van der Waals surface area contributed by atoms with Crippen LogP contribution in [0, 0.1) is 0 Å². The van der Waals surface area contributed by atoms with Crippen LogP contribution >= 0.6 is 0 Å². The van der Waals surface area contributed by atoms with Gasteiger partial charge >= 0.3 is 0 Å². The van der Waals surface area contributed by atoms with Crippen LogP contribution in [0.15, 0.2) is 6.33 Å². The van der Waals surface area contributed by atoms with Gasteiger partial charge in [0.1, 0.15) is 5.52 Å². The third kappa shape index (κ3) is 2.67. The molecule has 0 saturated carbocycles. The Labute approximate surface area is 117 Å². The molecule has 1 aliphatic heterocycles. The van der Waals surface area contributed by atoms with Gasteiger partial charge in [0.25, 0.3) is 0 Å². The molecule has 20 heavy (non-hydrogen) atoms. The Morgan fingerprint density at radius 1 is 1.35 bits per heavy atom. The first-order valence-corrected chi connectivity index (χ1v) is 7.16. The average Bonchev–Trinajstić information content (AvgIpc) is 2.77. The summed E-state index contributed by atoms with van der Waals surface area (Å²) < 4.78 is 5.51. The molecule has 3 rings (SSSR count). The van der Waals surface area contributed by atoms with Crippen molar-refractivity contribution in [2.45, 2.75) is 19.8 Å². The summed E-state index contributed by atoms with van der Waals surface area (Å²) in [5, 5.41) is 3.24. The first-order chi connectivity index (χ1) is 9.88. The third-order valence-corrected chi connectivity index (χ3v) is 3.32. The highest BCUT2D eigenvalue weighted by atomic mass is 16.5. The number of ether oxygens (including phenoxy) is 1. The van der Waals surface area contributed by atoms with Crippen molar-refractivity contribution in [3.05, 3.63) is 6.33 Å². The predicted molar refractivity (Wildman–Crippen MR) is 78.1 cm³/mol. The summed E-state index contributed by atoms with van der Waals surface area (Å²) in [5.41, 5.74) is 1.60. The lowest BCUT2D eigenvalue weighted by molar-refractivity contribution is 0.152. The molecule has 2 N–H and O–H groups in total. The second-order valence-electron chi connectivity index (χ2n) is 4.85. The van der Waals surface area contributed by atoms with E-state index in [1.54, 1.807) is 6.33 Å². The molecule has 108 valence electrons. The minimum atomic E-state index is 0.645. The number of aromatic nitrogens is 4. The number of H-pyrrole nitrogens is 1. The van der Waals surface area contributed by atoms with E-state index in [1.807, 2.05) is 0 Å². The zero-order valence-corrected chi connectivity index (χ0v) is 11.7. The van der Waals surface area contributed by atoms with Gasteiger partial charge in [-0.3, -0.25) is 0 Å². The summed E-state index contributed by atoms with van der Waals surface area (Å²) in [6.07, 6.45) is 3.72. The van der Waals surface area contributed by atoms with Gasteiger partial charge in [0.2, 0.25) is 5.95 Å². The molecule has 7 heteroatoms. The van der Waals surface area contributed by atoms with Crippen molar-refractivity contribution in [1.29, 1.82) is 0 Å². The average molecular weight is 276 g/mol. The second-order valence-corrected chi connectivity index (χ2v) is 4.85. The van der Waals surface area contributed by atoms with Crippen LogP contribution in [0.2, 0.25) is 0 Å². The van der Waals surface area contributed by atoms with Gasteiger partial charge in [-0.2, -0.15) is 9.97 Å². The van der Waals surface area contributed by atoms with Crippen LogP contribution in [0.3, 0.4) is 0 Å². The molecule has 0 amide bonds. The third-order valence-electron chi connectivity index (χ3n) is 3.32. The van der Waals surface area contributed by atoms with Crippen LogP contribution in [0.5, 0.6) is 0 Å². The summed E-state index contributed by atoms with van der Waals surface area (Å²) in [7, 11) is 0. The van der Waals surface area contributed by atoms with Crippen LogP contribution < -0.4 is 10.2 Å². The molecule has 0 aromatic carbocycles. The van der Waals surface area contributed by atoms with Gasteiger partial charge in [0.05, 0.1) is 12.9 Å². The number of anilines is 2. The summed E-state index contributed by atoms with van der Waals surface area (Å²) in [4.78, 5) is 18.7. The lowest BCUT2D eigenvalue weighted by Gasteiger charge is -2.21. The maximum absolute atomic E-state index is 5.51. The zero-order valence-electron chi connectivity index (χ0n) is 11.7. The number of fused-ring (bicyclic) bond motifs is 1. The minimum Gasteiger partial charge on any atom is -0.380 e. The lowest BCUT2D eigenvalue weighted by atomic mass is 10.3. The molecular formula is C13H20N6O. The van der Waals surface area contributed by atoms with Crippen molar-refractivity contribution < 1.29 is 4.74 Å². The largest absolute Gasteiger partial charge is 0.380 e. The van der Waals surface area contributed by atoms with Crippen molar-refractivity contribution in [2.75, 3.05) is 43.1 Å². The molecule has 1 fully saturated rings. The molecule has 2 aromatic rings. The van der Waals surface area contributed by atoms with Crippen molar-refractivity contribution in [3.8, 4) is 0 Å². The minimum absolute atomic E-state index is 0.645. The standard InChI is InChI=1S/C13H20N6O/c1-2-4-14-13-17-11-10(15-9-16-11)12(18-13)19-5-3-7-20-8-6-19/h9H,2-8H2,1H3,(H2,14,15,16,17,18). The Balaban J connectivity index is 1.95. The molecule has 0 atom stereocenters. The van der Waals surface area contributed by atoms with Gasteiger partial charge in [-0.05, 0) is 12.8 Å². The Bertz CT molecular complexity index is 561. The SMILES string of the molecule is CCCNc1nc(N2CCCOCC2)c2[nH]cnc2n1. The van der Waals surface area contributed by atoms with Crippen molar-refractivity contribution in [1.82, 2.24) is 19.9 Å². The lowest BCUT2D eigenvalue weighted by Crippen LogP contribution is -2.27. The Kier molecular flexibility index (Phi) is 3.96. The topological polar surface area (TPSA) is 79.0 Å². The van der Waals surface area contributed by atoms with Gasteiger partial charge in [0, 0.05) is 26.2 Å². The van der Waals surface area contributed by atoms with E-state index in [0.717, 1.165) is 57.0 Å². The van der Waals surface area contributed by atoms with Crippen molar-refractivity contribution in [2.24, 2.45) is 0 Å². The Hall–Kier alpha value is -1.89. The zero-order chi connectivity index (χ0) is 13.8. The highest BCUT2D eigenvalue weighted by Crippen LogP contribution is 2.23. The summed E-state index contributed by atoms with van der Waals surface area (Å²) in [6.45, 7) is 6.31. The molecule has 7 nitrogen and oxygen atoms in total. The molecule has 0 aliphatic carbocycles. The van der Waals surface area contributed by atoms with Crippen molar-refractivity contribution in [3.63, 3.8) is 0 Å². The molecule has 1 aliphatic rings. The number of hydrogen-bond acceptors (Lipinski definition) is 6. The predicted octanol–water partition coefficient (Wildman–Crippen LogP) is 1.40. The fourth-order valence-electron chi connectivity index (χ4n) is 2.32. The monoisotopic (exact) mass is 276 g/mol. The number of aromatic amines is 1. The molecule has 3 heterocycles. The van der Waals surface area contributed by atoms with Crippen LogP contribution in [0.1, 0.15) is 19.8 Å². The van der Waals surface area contributed by atoms with Crippen LogP contribution in [0.25, 0.3) is 11.2 Å². The molecule has 1 saturated heterocycles. The van der Waals surface area contributed by atoms with E-state index >= 15 is 0 Å². The summed E-state index contributed by atoms with van der Waals surface area (Å²) in [5.74, 6) is 1.56. The van der Waals surface area contributed by atoms with Crippen molar-refractivity contribution >= 4 is 22.9 Å². The summed E-state index contributed by atoms with van der Waals surface area (Å²) >= 11 is 0. The molecule has 0 bridgehead atoms. The van der Waals surface area contributed by atoms with E-state index in [9.17, 15) is 0 Å². The van der Waals surface area contributed by atoms with Gasteiger partial charge in [-0.15, -0.1) is 0 Å². The Morgan fingerprint density at radius 3 is 3.20 bits per heavy atom. The quantitative estimate of drug-likeness (QED) is 0.879.